The molecule has 2 aromatic carbocycles. The van der Waals surface area contributed by atoms with E-state index in [1.807, 2.05) is 0 Å². The van der Waals surface area contributed by atoms with Crippen molar-refractivity contribution in [3.05, 3.63) is 64.1 Å². The monoisotopic (exact) mass is 374 g/mol. The van der Waals surface area contributed by atoms with Gasteiger partial charge in [0.15, 0.2) is 0 Å². The molecule has 3 nitrogen and oxygen atoms in total. The molecule has 122 valence electrons. The Balaban J connectivity index is 1.97. The number of ether oxygens (including phenoxy) is 1. The lowest BCUT2D eigenvalue weighted by Gasteiger charge is -2.31. The fourth-order valence-electron chi connectivity index (χ4n) is 3.20. The highest BCUT2D eigenvalue weighted by molar-refractivity contribution is 9.10. The Morgan fingerprint density at radius 2 is 1.87 bits per heavy atom. The van der Waals surface area contributed by atoms with Crippen LogP contribution < -0.4 is 10.1 Å². The van der Waals surface area contributed by atoms with Crippen molar-refractivity contribution in [1.29, 1.82) is 0 Å². The Labute approximate surface area is 146 Å². The Bertz CT molecular complexity index is 622. The van der Waals surface area contributed by atoms with Crippen LogP contribution in [0.2, 0.25) is 0 Å². The van der Waals surface area contributed by atoms with Crippen LogP contribution in [-0.2, 0) is 0 Å². The second kappa shape index (κ2) is 7.95. The van der Waals surface area contributed by atoms with Gasteiger partial charge in [0.2, 0.25) is 0 Å². The van der Waals surface area contributed by atoms with Crippen molar-refractivity contribution in [2.24, 2.45) is 0 Å². The van der Waals surface area contributed by atoms with Gasteiger partial charge in [-0.25, -0.2) is 0 Å². The van der Waals surface area contributed by atoms with Gasteiger partial charge in [0, 0.05) is 24.1 Å². The highest BCUT2D eigenvalue weighted by Gasteiger charge is 2.23. The Morgan fingerprint density at radius 3 is 2.61 bits per heavy atom. The van der Waals surface area contributed by atoms with E-state index >= 15 is 0 Å². The summed E-state index contributed by atoms with van der Waals surface area (Å²) in [7, 11) is 1.71. The zero-order valence-corrected chi connectivity index (χ0v) is 15.1. The maximum atomic E-state index is 5.31. The van der Waals surface area contributed by atoms with Crippen LogP contribution in [0.4, 0.5) is 0 Å². The summed E-state index contributed by atoms with van der Waals surface area (Å²) >= 11 is 3.61. The topological polar surface area (TPSA) is 24.5 Å². The third-order valence-electron chi connectivity index (χ3n) is 4.34. The molecule has 4 heteroatoms. The van der Waals surface area contributed by atoms with E-state index < -0.39 is 0 Å². The van der Waals surface area contributed by atoms with Gasteiger partial charge in [-0.1, -0.05) is 40.2 Å². The van der Waals surface area contributed by atoms with Crippen LogP contribution in [0.25, 0.3) is 0 Å². The molecular weight excluding hydrogens is 352 g/mol. The summed E-state index contributed by atoms with van der Waals surface area (Å²) in [5, 5.41) is 3.49. The normalized spacial score (nSPS) is 17.5. The minimum Gasteiger partial charge on any atom is -0.497 e. The second-order valence-electron chi connectivity index (χ2n) is 5.87. The van der Waals surface area contributed by atoms with Crippen molar-refractivity contribution in [3.63, 3.8) is 0 Å². The number of hydrogen-bond acceptors (Lipinski definition) is 3. The van der Waals surface area contributed by atoms with E-state index in [1.54, 1.807) is 7.11 Å². The summed E-state index contributed by atoms with van der Waals surface area (Å²) in [6, 6.07) is 17.4. The smallest absolute Gasteiger partial charge is 0.118 e. The maximum absolute atomic E-state index is 5.31. The molecule has 1 saturated heterocycles. The predicted molar refractivity (Wildman–Crippen MR) is 98.0 cm³/mol. The molecule has 2 aromatic rings. The van der Waals surface area contributed by atoms with E-state index in [-0.39, 0.29) is 6.04 Å². The molecule has 1 atom stereocenters. The van der Waals surface area contributed by atoms with E-state index in [0.717, 1.165) is 36.4 Å². The van der Waals surface area contributed by atoms with Crippen LogP contribution in [0, 0.1) is 0 Å². The standard InChI is InChI=1S/C19H23BrN2O/c1-23-18-8-6-15(7-9-18)19(16-4-2-5-17(20)14-16)22-12-3-10-21-11-13-22/h2,4-9,14,19,21H,3,10-13H2,1H3. The van der Waals surface area contributed by atoms with Gasteiger partial charge in [0.1, 0.15) is 5.75 Å². The van der Waals surface area contributed by atoms with Gasteiger partial charge in [-0.2, -0.15) is 0 Å². The Hall–Kier alpha value is -1.36. The quantitative estimate of drug-likeness (QED) is 0.879. The van der Waals surface area contributed by atoms with Crippen molar-refractivity contribution in [1.82, 2.24) is 10.2 Å². The SMILES string of the molecule is COc1ccc(C(c2cccc(Br)c2)N2CCCNCC2)cc1. The first-order chi connectivity index (χ1) is 11.3. The molecule has 0 spiro atoms. The highest BCUT2D eigenvalue weighted by Crippen LogP contribution is 2.31. The van der Waals surface area contributed by atoms with Crippen LogP contribution in [0.1, 0.15) is 23.6 Å². The number of methoxy groups -OCH3 is 1. The molecule has 3 rings (SSSR count). The number of hydrogen-bond donors (Lipinski definition) is 1. The van der Waals surface area contributed by atoms with E-state index in [2.05, 4.69) is 74.7 Å². The predicted octanol–water partition coefficient (Wildman–Crippen LogP) is 3.84. The number of halogens is 1. The van der Waals surface area contributed by atoms with Crippen LogP contribution >= 0.6 is 15.9 Å². The summed E-state index contributed by atoms with van der Waals surface area (Å²) in [6.07, 6.45) is 1.18. The summed E-state index contributed by atoms with van der Waals surface area (Å²) in [5.74, 6) is 0.902. The fourth-order valence-corrected chi connectivity index (χ4v) is 3.62. The molecule has 0 aliphatic carbocycles. The van der Waals surface area contributed by atoms with Gasteiger partial charge in [0.25, 0.3) is 0 Å². The fraction of sp³-hybridized carbons (Fsp3) is 0.368. The first-order valence-electron chi connectivity index (χ1n) is 8.12. The molecule has 0 amide bonds. The molecule has 1 heterocycles. The molecular formula is C19H23BrN2O. The van der Waals surface area contributed by atoms with Crippen molar-refractivity contribution < 1.29 is 4.74 Å². The van der Waals surface area contributed by atoms with Crippen LogP contribution in [0.3, 0.4) is 0 Å². The minimum atomic E-state index is 0.276. The first-order valence-corrected chi connectivity index (χ1v) is 8.91. The Kier molecular flexibility index (Phi) is 5.70. The molecule has 0 bridgehead atoms. The van der Waals surface area contributed by atoms with Gasteiger partial charge in [-0.05, 0) is 48.4 Å². The molecule has 23 heavy (non-hydrogen) atoms. The first kappa shape index (κ1) is 16.5. The van der Waals surface area contributed by atoms with Crippen molar-refractivity contribution >= 4 is 15.9 Å². The number of rotatable bonds is 4. The lowest BCUT2D eigenvalue weighted by atomic mass is 9.96. The van der Waals surface area contributed by atoms with Crippen molar-refractivity contribution in [3.8, 4) is 5.75 Å². The largest absolute Gasteiger partial charge is 0.497 e. The lowest BCUT2D eigenvalue weighted by Crippen LogP contribution is -2.33. The summed E-state index contributed by atoms with van der Waals surface area (Å²) < 4.78 is 6.43. The van der Waals surface area contributed by atoms with Gasteiger partial charge in [-0.3, -0.25) is 4.90 Å². The molecule has 1 unspecified atom stereocenters. The lowest BCUT2D eigenvalue weighted by molar-refractivity contribution is 0.241. The number of nitrogens with zero attached hydrogens (tertiary/aromatic N) is 1. The zero-order chi connectivity index (χ0) is 16.1. The molecule has 1 fully saturated rings. The molecule has 0 aromatic heterocycles. The number of nitrogens with one attached hydrogen (secondary N) is 1. The van der Waals surface area contributed by atoms with Crippen LogP contribution in [0.15, 0.2) is 53.0 Å². The molecule has 1 aliphatic rings. The van der Waals surface area contributed by atoms with E-state index in [1.165, 1.54) is 17.5 Å². The van der Waals surface area contributed by atoms with Gasteiger partial charge < -0.3 is 10.1 Å². The average molecular weight is 375 g/mol. The highest BCUT2D eigenvalue weighted by atomic mass is 79.9. The van der Waals surface area contributed by atoms with E-state index in [4.69, 9.17) is 4.74 Å². The zero-order valence-electron chi connectivity index (χ0n) is 13.5. The van der Waals surface area contributed by atoms with Crippen LogP contribution in [0.5, 0.6) is 5.75 Å². The molecule has 1 N–H and O–H groups in total. The van der Waals surface area contributed by atoms with Crippen molar-refractivity contribution in [2.45, 2.75) is 12.5 Å². The average Bonchev–Trinajstić information content (AvgIpc) is 2.85. The van der Waals surface area contributed by atoms with Gasteiger partial charge >= 0.3 is 0 Å². The van der Waals surface area contributed by atoms with Gasteiger partial charge in [0.05, 0.1) is 13.2 Å². The third-order valence-corrected chi connectivity index (χ3v) is 4.83. The molecule has 0 saturated carbocycles. The maximum Gasteiger partial charge on any atom is 0.118 e. The third kappa shape index (κ3) is 4.14. The molecule has 0 radical (unpaired) electrons. The van der Waals surface area contributed by atoms with Gasteiger partial charge in [-0.15, -0.1) is 0 Å². The minimum absolute atomic E-state index is 0.276. The second-order valence-corrected chi connectivity index (χ2v) is 6.79. The van der Waals surface area contributed by atoms with Crippen LogP contribution in [-0.4, -0.2) is 38.2 Å². The van der Waals surface area contributed by atoms with E-state index in [9.17, 15) is 0 Å². The summed E-state index contributed by atoms with van der Waals surface area (Å²) in [4.78, 5) is 2.57. The summed E-state index contributed by atoms with van der Waals surface area (Å²) in [5.41, 5.74) is 2.64. The summed E-state index contributed by atoms with van der Waals surface area (Å²) in [6.45, 7) is 4.31. The van der Waals surface area contributed by atoms with E-state index in [0.29, 0.717) is 0 Å². The van der Waals surface area contributed by atoms with Crippen molar-refractivity contribution in [2.75, 3.05) is 33.3 Å². The number of benzene rings is 2. The Morgan fingerprint density at radius 1 is 1.04 bits per heavy atom. The molecule has 1 aliphatic heterocycles.